The van der Waals surface area contributed by atoms with Crippen molar-refractivity contribution in [1.82, 2.24) is 0 Å². The Bertz CT molecular complexity index is 627. The molecule has 1 aromatic carbocycles. The molecule has 27 heavy (non-hydrogen) atoms. The van der Waals surface area contributed by atoms with Crippen molar-refractivity contribution in [1.29, 1.82) is 0 Å². The number of aliphatic hydroxyl groups is 1. The van der Waals surface area contributed by atoms with Crippen LogP contribution in [-0.4, -0.2) is 28.9 Å². The number of fused-ring (bicyclic) bond motifs is 2. The summed E-state index contributed by atoms with van der Waals surface area (Å²) in [5.41, 5.74) is 2.55. The van der Waals surface area contributed by atoms with Gasteiger partial charge in [-0.3, -0.25) is 0 Å². The Morgan fingerprint density at radius 2 is 2.07 bits per heavy atom. The third-order valence-electron chi connectivity index (χ3n) is 6.63. The molecule has 4 heteroatoms. The molecule has 1 aromatic rings. The van der Waals surface area contributed by atoms with E-state index in [2.05, 4.69) is 13.0 Å². The largest absolute Gasteiger partial charge is 0.482 e. The van der Waals surface area contributed by atoms with Gasteiger partial charge in [-0.1, -0.05) is 38.3 Å². The number of aliphatic hydroxyl groups excluding tert-OH is 1. The normalized spacial score (nSPS) is 24.9. The molecule has 0 saturated heterocycles. The lowest BCUT2D eigenvalue weighted by Crippen LogP contribution is -2.26. The summed E-state index contributed by atoms with van der Waals surface area (Å²) >= 11 is 0. The fraction of sp³-hybridized carbons (Fsp3) is 0.696. The molecule has 2 aliphatic carbocycles. The van der Waals surface area contributed by atoms with Crippen LogP contribution < -0.4 is 4.74 Å². The molecule has 1 fully saturated rings. The van der Waals surface area contributed by atoms with Gasteiger partial charge in [0, 0.05) is 0 Å². The molecule has 150 valence electrons. The summed E-state index contributed by atoms with van der Waals surface area (Å²) in [7, 11) is 0. The molecule has 0 aliphatic heterocycles. The predicted octanol–water partition coefficient (Wildman–Crippen LogP) is 4.61. The number of benzene rings is 1. The maximum atomic E-state index is 10.8. The number of aliphatic carboxylic acids is 1. The van der Waals surface area contributed by atoms with Gasteiger partial charge in [0.2, 0.25) is 0 Å². The number of carboxylic acids is 1. The van der Waals surface area contributed by atoms with Gasteiger partial charge in [-0.05, 0) is 79.9 Å². The van der Waals surface area contributed by atoms with Gasteiger partial charge in [0.1, 0.15) is 5.75 Å². The maximum Gasteiger partial charge on any atom is 0.341 e. The van der Waals surface area contributed by atoms with Crippen LogP contribution in [0.15, 0.2) is 18.2 Å². The number of unbranched alkanes of at least 4 members (excludes halogenated alkanes) is 2. The minimum atomic E-state index is -0.931. The molecule has 4 nitrogen and oxygen atoms in total. The first-order valence-corrected chi connectivity index (χ1v) is 10.7. The van der Waals surface area contributed by atoms with Crippen LogP contribution in [0.25, 0.3) is 0 Å². The Morgan fingerprint density at radius 1 is 1.22 bits per heavy atom. The number of carbonyl (C=O) groups is 1. The van der Waals surface area contributed by atoms with E-state index in [4.69, 9.17) is 9.84 Å². The van der Waals surface area contributed by atoms with E-state index < -0.39 is 5.97 Å². The molecular formula is C23H34O4. The molecule has 4 atom stereocenters. The molecule has 0 spiro atoms. The number of hydrogen-bond acceptors (Lipinski definition) is 3. The van der Waals surface area contributed by atoms with Crippen molar-refractivity contribution in [3.8, 4) is 5.75 Å². The Hall–Kier alpha value is -1.55. The van der Waals surface area contributed by atoms with Crippen molar-refractivity contribution in [2.24, 2.45) is 17.8 Å². The predicted molar refractivity (Wildman–Crippen MR) is 106 cm³/mol. The molecule has 3 rings (SSSR count). The first kappa shape index (κ1) is 20.2. The number of hydrogen-bond donors (Lipinski definition) is 2. The van der Waals surface area contributed by atoms with Gasteiger partial charge in [-0.25, -0.2) is 4.79 Å². The highest BCUT2D eigenvalue weighted by Crippen LogP contribution is 2.48. The summed E-state index contributed by atoms with van der Waals surface area (Å²) in [5.74, 6) is 1.92. The molecule has 2 aliphatic rings. The van der Waals surface area contributed by atoms with Crippen LogP contribution in [0.5, 0.6) is 5.75 Å². The fourth-order valence-corrected chi connectivity index (χ4v) is 5.19. The first-order valence-electron chi connectivity index (χ1n) is 10.7. The minimum absolute atomic E-state index is 0.137. The molecule has 0 bridgehead atoms. The topological polar surface area (TPSA) is 66.8 Å². The second-order valence-corrected chi connectivity index (χ2v) is 8.47. The zero-order valence-corrected chi connectivity index (χ0v) is 16.5. The van der Waals surface area contributed by atoms with Crippen molar-refractivity contribution in [3.05, 3.63) is 29.3 Å². The molecule has 1 saturated carbocycles. The van der Waals surface area contributed by atoms with Crippen molar-refractivity contribution >= 4 is 5.97 Å². The Balaban J connectivity index is 1.57. The average Bonchev–Trinajstić information content (AvgIpc) is 3.05. The smallest absolute Gasteiger partial charge is 0.341 e. The molecular weight excluding hydrogens is 340 g/mol. The zero-order valence-electron chi connectivity index (χ0n) is 16.5. The first-order chi connectivity index (χ1) is 13.1. The van der Waals surface area contributed by atoms with Gasteiger partial charge in [-0.2, -0.15) is 0 Å². The lowest BCUT2D eigenvalue weighted by atomic mass is 9.73. The van der Waals surface area contributed by atoms with Gasteiger partial charge in [-0.15, -0.1) is 0 Å². The third kappa shape index (κ3) is 5.25. The number of carboxylic acid groups (broad SMARTS) is 1. The highest BCUT2D eigenvalue weighted by molar-refractivity contribution is 5.68. The van der Waals surface area contributed by atoms with E-state index in [0.29, 0.717) is 17.8 Å². The quantitative estimate of drug-likeness (QED) is 0.587. The standard InChI is InChI=1S/C23H34O4/c1-2-3-4-7-19(24)12-11-16-9-10-18-14-21-17(13-20(16)18)6-5-8-22(21)27-15-23(25)26/h5-6,8,16,18-20,24H,2-4,7,9-15H2,1H3,(H,25,26)/t16-,18-,19?,20-/m1/s1. The van der Waals surface area contributed by atoms with E-state index in [1.807, 2.05) is 12.1 Å². The average molecular weight is 375 g/mol. The minimum Gasteiger partial charge on any atom is -0.482 e. The highest BCUT2D eigenvalue weighted by atomic mass is 16.5. The summed E-state index contributed by atoms with van der Waals surface area (Å²) in [4.78, 5) is 10.8. The van der Waals surface area contributed by atoms with Crippen LogP contribution in [-0.2, 0) is 17.6 Å². The van der Waals surface area contributed by atoms with Crippen LogP contribution in [0.2, 0.25) is 0 Å². The molecule has 2 N–H and O–H groups in total. The van der Waals surface area contributed by atoms with Crippen LogP contribution in [0, 0.1) is 17.8 Å². The van der Waals surface area contributed by atoms with Crippen molar-refractivity contribution in [2.45, 2.75) is 77.2 Å². The molecule has 0 radical (unpaired) electrons. The Kier molecular flexibility index (Phi) is 7.17. The SMILES string of the molecule is CCCCCC(O)CC[C@H]1CC[C@@H]2Cc3c(cccc3OCC(=O)O)C[C@H]12. The summed E-state index contributed by atoms with van der Waals surface area (Å²) in [5, 5.41) is 19.2. The second-order valence-electron chi connectivity index (χ2n) is 8.47. The van der Waals surface area contributed by atoms with Gasteiger partial charge >= 0.3 is 5.97 Å². The zero-order chi connectivity index (χ0) is 19.2. The van der Waals surface area contributed by atoms with Crippen LogP contribution in [0.4, 0.5) is 0 Å². The van der Waals surface area contributed by atoms with E-state index >= 15 is 0 Å². The summed E-state index contributed by atoms with van der Waals surface area (Å²) in [6, 6.07) is 6.06. The van der Waals surface area contributed by atoms with Gasteiger partial charge in [0.25, 0.3) is 0 Å². The Morgan fingerprint density at radius 3 is 2.85 bits per heavy atom. The van der Waals surface area contributed by atoms with Gasteiger partial charge in [0.15, 0.2) is 6.61 Å². The monoisotopic (exact) mass is 374 g/mol. The lowest BCUT2D eigenvalue weighted by Gasteiger charge is -2.32. The molecule has 0 heterocycles. The van der Waals surface area contributed by atoms with E-state index in [1.165, 1.54) is 36.8 Å². The van der Waals surface area contributed by atoms with E-state index in [0.717, 1.165) is 44.3 Å². The molecule has 1 unspecified atom stereocenters. The van der Waals surface area contributed by atoms with Crippen molar-refractivity contribution in [3.63, 3.8) is 0 Å². The maximum absolute atomic E-state index is 10.8. The molecule has 0 amide bonds. The number of rotatable bonds is 10. The Labute approximate surface area is 162 Å². The molecule has 0 aromatic heterocycles. The lowest BCUT2D eigenvalue weighted by molar-refractivity contribution is -0.139. The summed E-state index contributed by atoms with van der Waals surface area (Å²) in [6.07, 6.45) is 11.0. The van der Waals surface area contributed by atoms with Crippen molar-refractivity contribution in [2.75, 3.05) is 6.61 Å². The van der Waals surface area contributed by atoms with Crippen molar-refractivity contribution < 1.29 is 19.7 Å². The van der Waals surface area contributed by atoms with E-state index in [-0.39, 0.29) is 12.7 Å². The summed E-state index contributed by atoms with van der Waals surface area (Å²) in [6.45, 7) is 1.92. The third-order valence-corrected chi connectivity index (χ3v) is 6.63. The van der Waals surface area contributed by atoms with Gasteiger partial charge in [0.05, 0.1) is 6.10 Å². The van der Waals surface area contributed by atoms with Crippen LogP contribution >= 0.6 is 0 Å². The fourth-order valence-electron chi connectivity index (χ4n) is 5.19. The highest BCUT2D eigenvalue weighted by Gasteiger charge is 2.39. The van der Waals surface area contributed by atoms with E-state index in [1.54, 1.807) is 0 Å². The second kappa shape index (κ2) is 9.59. The number of ether oxygens (including phenoxy) is 1. The summed E-state index contributed by atoms with van der Waals surface area (Å²) < 4.78 is 5.53. The van der Waals surface area contributed by atoms with Crippen LogP contribution in [0.1, 0.15) is 69.4 Å². The van der Waals surface area contributed by atoms with Gasteiger partial charge < -0.3 is 14.9 Å². The van der Waals surface area contributed by atoms with Crippen LogP contribution in [0.3, 0.4) is 0 Å². The van der Waals surface area contributed by atoms with E-state index in [9.17, 15) is 9.90 Å².